The van der Waals surface area contributed by atoms with Gasteiger partial charge in [0, 0.05) is 12.1 Å². The standard InChI is InChI=1S/C14H19N3OS/c1-3-5-18-14-8-13(15-10-16-14)17-11(2)7-12-4-6-19-9-12/h4,6,8-11H,3,5,7H2,1-2H3,(H,15,16,17). The highest BCUT2D eigenvalue weighted by Crippen LogP contribution is 2.14. The maximum absolute atomic E-state index is 5.49. The molecule has 0 radical (unpaired) electrons. The van der Waals surface area contributed by atoms with Gasteiger partial charge in [0.15, 0.2) is 0 Å². The van der Waals surface area contributed by atoms with Crippen LogP contribution in [0.4, 0.5) is 5.82 Å². The van der Waals surface area contributed by atoms with Crippen molar-refractivity contribution in [2.24, 2.45) is 0 Å². The molecule has 0 spiro atoms. The third-order valence-electron chi connectivity index (χ3n) is 2.61. The third-order valence-corrected chi connectivity index (χ3v) is 3.34. The topological polar surface area (TPSA) is 47.0 Å². The van der Waals surface area contributed by atoms with Crippen molar-refractivity contribution in [2.75, 3.05) is 11.9 Å². The number of nitrogens with zero attached hydrogens (tertiary/aromatic N) is 2. The second-order valence-corrected chi connectivity index (χ2v) is 5.25. The van der Waals surface area contributed by atoms with Crippen molar-refractivity contribution >= 4 is 17.2 Å². The quantitative estimate of drug-likeness (QED) is 0.843. The molecule has 2 aromatic heterocycles. The summed E-state index contributed by atoms with van der Waals surface area (Å²) in [7, 11) is 0. The summed E-state index contributed by atoms with van der Waals surface area (Å²) in [6.45, 7) is 4.90. The van der Waals surface area contributed by atoms with Crippen LogP contribution in [0.1, 0.15) is 25.8 Å². The highest BCUT2D eigenvalue weighted by atomic mass is 32.1. The monoisotopic (exact) mass is 277 g/mol. The highest BCUT2D eigenvalue weighted by molar-refractivity contribution is 7.07. The molecule has 2 heterocycles. The predicted octanol–water partition coefficient (Wildman–Crippen LogP) is 3.37. The molecule has 0 bridgehead atoms. The normalized spacial score (nSPS) is 12.1. The van der Waals surface area contributed by atoms with Gasteiger partial charge in [-0.2, -0.15) is 11.3 Å². The minimum atomic E-state index is 0.323. The van der Waals surface area contributed by atoms with Crippen LogP contribution in [0, 0.1) is 0 Å². The molecule has 0 aliphatic rings. The van der Waals surface area contributed by atoms with E-state index in [1.807, 2.05) is 6.07 Å². The van der Waals surface area contributed by atoms with Crippen molar-refractivity contribution < 1.29 is 4.74 Å². The van der Waals surface area contributed by atoms with Gasteiger partial charge >= 0.3 is 0 Å². The number of nitrogens with one attached hydrogen (secondary N) is 1. The van der Waals surface area contributed by atoms with E-state index in [-0.39, 0.29) is 0 Å². The smallest absolute Gasteiger partial charge is 0.218 e. The van der Waals surface area contributed by atoms with Crippen LogP contribution in [-0.4, -0.2) is 22.6 Å². The van der Waals surface area contributed by atoms with Gasteiger partial charge in [0.05, 0.1) is 6.61 Å². The van der Waals surface area contributed by atoms with Crippen LogP contribution in [0.5, 0.6) is 5.88 Å². The van der Waals surface area contributed by atoms with Gasteiger partial charge in [-0.1, -0.05) is 6.92 Å². The molecule has 2 aromatic rings. The van der Waals surface area contributed by atoms with Gasteiger partial charge in [-0.05, 0) is 42.2 Å². The Morgan fingerprint density at radius 2 is 2.32 bits per heavy atom. The summed E-state index contributed by atoms with van der Waals surface area (Å²) < 4.78 is 5.49. The molecule has 0 aliphatic carbocycles. The first kappa shape index (κ1) is 13.8. The summed E-state index contributed by atoms with van der Waals surface area (Å²) in [4.78, 5) is 8.31. The summed E-state index contributed by atoms with van der Waals surface area (Å²) in [5.41, 5.74) is 1.35. The molecule has 0 aromatic carbocycles. The third kappa shape index (κ3) is 4.52. The van der Waals surface area contributed by atoms with Crippen molar-refractivity contribution in [1.82, 2.24) is 9.97 Å². The van der Waals surface area contributed by atoms with Crippen LogP contribution >= 0.6 is 11.3 Å². The molecule has 2 rings (SSSR count). The summed E-state index contributed by atoms with van der Waals surface area (Å²) in [5.74, 6) is 1.44. The minimum Gasteiger partial charge on any atom is -0.478 e. The number of anilines is 1. The zero-order valence-electron chi connectivity index (χ0n) is 11.3. The van der Waals surface area contributed by atoms with Crippen LogP contribution in [0.3, 0.4) is 0 Å². The fourth-order valence-electron chi connectivity index (χ4n) is 1.77. The second kappa shape index (κ2) is 7.09. The van der Waals surface area contributed by atoms with Crippen LogP contribution < -0.4 is 10.1 Å². The van der Waals surface area contributed by atoms with E-state index >= 15 is 0 Å². The predicted molar refractivity (Wildman–Crippen MR) is 78.9 cm³/mol. The fraction of sp³-hybridized carbons (Fsp3) is 0.429. The van der Waals surface area contributed by atoms with E-state index in [1.165, 1.54) is 11.9 Å². The Morgan fingerprint density at radius 1 is 1.42 bits per heavy atom. The van der Waals surface area contributed by atoms with Crippen molar-refractivity contribution in [1.29, 1.82) is 0 Å². The lowest BCUT2D eigenvalue weighted by atomic mass is 10.1. The molecule has 0 fully saturated rings. The number of hydrogen-bond donors (Lipinski definition) is 1. The van der Waals surface area contributed by atoms with E-state index in [1.54, 1.807) is 11.3 Å². The van der Waals surface area contributed by atoms with E-state index in [2.05, 4.69) is 46.0 Å². The first-order valence-corrected chi connectivity index (χ1v) is 7.44. The van der Waals surface area contributed by atoms with Gasteiger partial charge in [0.1, 0.15) is 12.1 Å². The van der Waals surface area contributed by atoms with Gasteiger partial charge in [0.25, 0.3) is 0 Å². The molecule has 4 nitrogen and oxygen atoms in total. The lowest BCUT2D eigenvalue weighted by molar-refractivity contribution is 0.305. The van der Waals surface area contributed by atoms with Crippen molar-refractivity contribution in [3.8, 4) is 5.88 Å². The number of ether oxygens (including phenoxy) is 1. The first-order chi connectivity index (χ1) is 9.28. The molecule has 0 amide bonds. The maximum atomic E-state index is 5.49. The summed E-state index contributed by atoms with van der Waals surface area (Å²) >= 11 is 1.73. The van der Waals surface area contributed by atoms with Crippen LogP contribution in [0.15, 0.2) is 29.2 Å². The van der Waals surface area contributed by atoms with Gasteiger partial charge < -0.3 is 10.1 Å². The Labute approximate surface area is 117 Å². The summed E-state index contributed by atoms with van der Waals surface area (Å²) in [6.07, 6.45) is 3.49. The van der Waals surface area contributed by atoms with Crippen LogP contribution in [0.2, 0.25) is 0 Å². The van der Waals surface area contributed by atoms with Gasteiger partial charge in [-0.15, -0.1) is 0 Å². The first-order valence-electron chi connectivity index (χ1n) is 6.50. The molecule has 102 valence electrons. The van der Waals surface area contributed by atoms with Gasteiger partial charge in [0.2, 0.25) is 5.88 Å². The van der Waals surface area contributed by atoms with Crippen LogP contribution in [0.25, 0.3) is 0 Å². The van der Waals surface area contributed by atoms with E-state index in [0.29, 0.717) is 18.5 Å². The summed E-state index contributed by atoms with van der Waals surface area (Å²) in [5, 5.41) is 7.65. The average molecular weight is 277 g/mol. The Hall–Kier alpha value is -1.62. The fourth-order valence-corrected chi connectivity index (χ4v) is 2.45. The van der Waals surface area contributed by atoms with Crippen molar-refractivity contribution in [3.63, 3.8) is 0 Å². The Bertz CT molecular complexity index is 487. The number of thiophene rings is 1. The van der Waals surface area contributed by atoms with E-state index in [9.17, 15) is 0 Å². The molecule has 19 heavy (non-hydrogen) atoms. The highest BCUT2D eigenvalue weighted by Gasteiger charge is 2.06. The van der Waals surface area contributed by atoms with Gasteiger partial charge in [-0.25, -0.2) is 9.97 Å². The molecule has 0 saturated heterocycles. The lowest BCUT2D eigenvalue weighted by Crippen LogP contribution is -2.18. The largest absolute Gasteiger partial charge is 0.478 e. The zero-order chi connectivity index (χ0) is 13.5. The summed E-state index contributed by atoms with van der Waals surface area (Å²) in [6, 6.07) is 4.32. The van der Waals surface area contributed by atoms with Gasteiger partial charge in [-0.3, -0.25) is 0 Å². The van der Waals surface area contributed by atoms with Crippen molar-refractivity contribution in [3.05, 3.63) is 34.8 Å². The second-order valence-electron chi connectivity index (χ2n) is 4.47. The lowest BCUT2D eigenvalue weighted by Gasteiger charge is -2.14. The number of hydrogen-bond acceptors (Lipinski definition) is 5. The molecule has 0 saturated carbocycles. The Balaban J connectivity index is 1.90. The Kier molecular flexibility index (Phi) is 5.15. The molecular weight excluding hydrogens is 258 g/mol. The molecule has 1 N–H and O–H groups in total. The average Bonchev–Trinajstić information content (AvgIpc) is 2.89. The molecular formula is C14H19N3OS. The molecule has 1 unspecified atom stereocenters. The zero-order valence-corrected chi connectivity index (χ0v) is 12.1. The molecule has 5 heteroatoms. The van der Waals surface area contributed by atoms with E-state index in [4.69, 9.17) is 4.74 Å². The number of rotatable bonds is 7. The van der Waals surface area contributed by atoms with Crippen LogP contribution in [-0.2, 0) is 6.42 Å². The van der Waals surface area contributed by atoms with E-state index < -0.39 is 0 Å². The maximum Gasteiger partial charge on any atom is 0.218 e. The minimum absolute atomic E-state index is 0.323. The van der Waals surface area contributed by atoms with E-state index in [0.717, 1.165) is 18.7 Å². The number of aromatic nitrogens is 2. The van der Waals surface area contributed by atoms with Crippen molar-refractivity contribution in [2.45, 2.75) is 32.7 Å². The molecule has 0 aliphatic heterocycles. The SMILES string of the molecule is CCCOc1cc(NC(C)Cc2ccsc2)ncn1. The Morgan fingerprint density at radius 3 is 3.05 bits per heavy atom. The molecule has 1 atom stereocenters.